The highest BCUT2D eigenvalue weighted by Gasteiger charge is 2.31. The maximum atomic E-state index is 13.1. The van der Waals surface area contributed by atoms with Gasteiger partial charge in [0.1, 0.15) is 11.5 Å². The highest BCUT2D eigenvalue weighted by Crippen LogP contribution is 2.35. The molecule has 2 N–H and O–H groups in total. The van der Waals surface area contributed by atoms with Gasteiger partial charge < -0.3 is 5.32 Å². The Morgan fingerprint density at radius 3 is 2.57 bits per heavy atom. The van der Waals surface area contributed by atoms with Gasteiger partial charge in [-0.3, -0.25) is 9.89 Å². The first-order valence-corrected chi connectivity index (χ1v) is 7.21. The van der Waals surface area contributed by atoms with Gasteiger partial charge in [-0.25, -0.2) is 4.39 Å². The predicted octanol–water partition coefficient (Wildman–Crippen LogP) is 3.69. The van der Waals surface area contributed by atoms with Crippen molar-refractivity contribution < 1.29 is 9.18 Å². The van der Waals surface area contributed by atoms with Crippen molar-refractivity contribution in [2.75, 3.05) is 5.32 Å². The normalized spacial score (nSPS) is 14.5. The fourth-order valence-corrected chi connectivity index (χ4v) is 2.29. The standard InChI is InChI=1S/C16H18FN3O/c1-9(2)13-15(18-16(21)11-3-4-11)14(20-19-13)10-5-7-12(17)8-6-10/h5-9,11H,3-4H2,1-2H3,(H,18,21)(H,19,20). The molecule has 110 valence electrons. The lowest BCUT2D eigenvalue weighted by atomic mass is 10.0. The maximum absolute atomic E-state index is 13.1. The molecular formula is C16H18FN3O. The first-order valence-electron chi connectivity index (χ1n) is 7.21. The van der Waals surface area contributed by atoms with Gasteiger partial charge in [-0.1, -0.05) is 13.8 Å². The molecule has 0 unspecified atom stereocenters. The third-order valence-corrected chi connectivity index (χ3v) is 3.69. The molecule has 1 aromatic heterocycles. The molecule has 0 atom stereocenters. The van der Waals surface area contributed by atoms with Crippen LogP contribution in [0, 0.1) is 11.7 Å². The molecule has 1 aromatic carbocycles. The van der Waals surface area contributed by atoms with Crippen molar-refractivity contribution in [1.29, 1.82) is 0 Å². The second kappa shape index (κ2) is 5.31. The van der Waals surface area contributed by atoms with Crippen LogP contribution in [0.15, 0.2) is 24.3 Å². The monoisotopic (exact) mass is 287 g/mol. The minimum Gasteiger partial charge on any atom is -0.322 e. The fourth-order valence-electron chi connectivity index (χ4n) is 2.29. The number of anilines is 1. The second-order valence-electron chi connectivity index (χ2n) is 5.79. The average molecular weight is 287 g/mol. The summed E-state index contributed by atoms with van der Waals surface area (Å²) in [5.74, 6) is 0.0887. The summed E-state index contributed by atoms with van der Waals surface area (Å²) in [7, 11) is 0. The van der Waals surface area contributed by atoms with Gasteiger partial charge in [0.2, 0.25) is 5.91 Å². The van der Waals surface area contributed by atoms with Crippen molar-refractivity contribution in [1.82, 2.24) is 10.2 Å². The number of aromatic amines is 1. The molecule has 3 rings (SSSR count). The highest BCUT2D eigenvalue weighted by atomic mass is 19.1. The molecule has 1 amide bonds. The molecule has 1 heterocycles. The van der Waals surface area contributed by atoms with Crippen LogP contribution in [0.5, 0.6) is 0 Å². The Kier molecular flexibility index (Phi) is 3.49. The Labute approximate surface area is 122 Å². The minimum atomic E-state index is -0.290. The van der Waals surface area contributed by atoms with Crippen molar-refractivity contribution in [3.63, 3.8) is 0 Å². The van der Waals surface area contributed by atoms with Gasteiger partial charge in [0.15, 0.2) is 0 Å². The number of carbonyl (C=O) groups excluding carboxylic acids is 1. The number of H-pyrrole nitrogens is 1. The third kappa shape index (κ3) is 2.82. The number of benzene rings is 1. The SMILES string of the molecule is CC(C)c1[nH]nc(-c2ccc(F)cc2)c1NC(=O)C1CC1. The van der Waals surface area contributed by atoms with Crippen LogP contribution in [0.4, 0.5) is 10.1 Å². The lowest BCUT2D eigenvalue weighted by Crippen LogP contribution is -2.15. The Morgan fingerprint density at radius 1 is 1.33 bits per heavy atom. The van der Waals surface area contributed by atoms with E-state index in [0.29, 0.717) is 11.4 Å². The Morgan fingerprint density at radius 2 is 2.00 bits per heavy atom. The molecule has 0 spiro atoms. The van der Waals surface area contributed by atoms with Crippen molar-refractivity contribution in [2.45, 2.75) is 32.6 Å². The molecule has 2 aromatic rings. The molecule has 1 aliphatic rings. The van der Waals surface area contributed by atoms with Crippen LogP contribution in [0.1, 0.15) is 38.3 Å². The van der Waals surface area contributed by atoms with Gasteiger partial charge in [0.05, 0.1) is 11.4 Å². The maximum Gasteiger partial charge on any atom is 0.227 e. The summed E-state index contributed by atoms with van der Waals surface area (Å²) < 4.78 is 13.1. The number of amides is 1. The van der Waals surface area contributed by atoms with E-state index in [0.717, 1.165) is 24.1 Å². The van der Waals surface area contributed by atoms with E-state index >= 15 is 0 Å². The summed E-state index contributed by atoms with van der Waals surface area (Å²) >= 11 is 0. The molecule has 1 saturated carbocycles. The predicted molar refractivity (Wildman–Crippen MR) is 79.4 cm³/mol. The van der Waals surface area contributed by atoms with Gasteiger partial charge in [-0.05, 0) is 43.0 Å². The van der Waals surface area contributed by atoms with Crippen LogP contribution in [0.3, 0.4) is 0 Å². The topological polar surface area (TPSA) is 57.8 Å². The first kappa shape index (κ1) is 13.8. The smallest absolute Gasteiger partial charge is 0.227 e. The molecule has 1 aliphatic carbocycles. The largest absolute Gasteiger partial charge is 0.322 e. The number of halogens is 1. The number of aromatic nitrogens is 2. The van der Waals surface area contributed by atoms with Gasteiger partial charge >= 0.3 is 0 Å². The molecule has 0 radical (unpaired) electrons. The van der Waals surface area contributed by atoms with E-state index in [9.17, 15) is 9.18 Å². The quantitative estimate of drug-likeness (QED) is 0.901. The van der Waals surface area contributed by atoms with E-state index in [4.69, 9.17) is 0 Å². The number of carbonyl (C=O) groups is 1. The van der Waals surface area contributed by atoms with Crippen LogP contribution in [-0.2, 0) is 4.79 Å². The summed E-state index contributed by atoms with van der Waals surface area (Å²) in [6.45, 7) is 4.07. The van der Waals surface area contributed by atoms with Crippen LogP contribution >= 0.6 is 0 Å². The third-order valence-electron chi connectivity index (χ3n) is 3.69. The van der Waals surface area contributed by atoms with Crippen LogP contribution < -0.4 is 5.32 Å². The van der Waals surface area contributed by atoms with E-state index in [2.05, 4.69) is 15.5 Å². The van der Waals surface area contributed by atoms with Crippen molar-refractivity contribution >= 4 is 11.6 Å². The van der Waals surface area contributed by atoms with Gasteiger partial charge in [-0.2, -0.15) is 5.10 Å². The Bertz CT molecular complexity index is 657. The van der Waals surface area contributed by atoms with E-state index in [1.54, 1.807) is 12.1 Å². The Hall–Kier alpha value is -2.17. The minimum absolute atomic E-state index is 0.0432. The zero-order chi connectivity index (χ0) is 15.0. The van der Waals surface area contributed by atoms with E-state index in [-0.39, 0.29) is 23.6 Å². The lowest BCUT2D eigenvalue weighted by molar-refractivity contribution is -0.117. The molecule has 0 bridgehead atoms. The number of hydrogen-bond acceptors (Lipinski definition) is 2. The Balaban J connectivity index is 1.99. The van der Waals surface area contributed by atoms with Crippen LogP contribution in [0.25, 0.3) is 11.3 Å². The number of nitrogens with one attached hydrogen (secondary N) is 2. The van der Waals surface area contributed by atoms with Gasteiger partial charge in [-0.15, -0.1) is 0 Å². The average Bonchev–Trinajstić information content (AvgIpc) is 3.22. The zero-order valence-corrected chi connectivity index (χ0v) is 12.1. The summed E-state index contributed by atoms with van der Waals surface area (Å²) in [5, 5.41) is 10.3. The van der Waals surface area contributed by atoms with E-state index in [1.807, 2.05) is 13.8 Å². The molecule has 0 saturated heterocycles. The van der Waals surface area contributed by atoms with Crippen LogP contribution in [0.2, 0.25) is 0 Å². The number of nitrogens with zero attached hydrogens (tertiary/aromatic N) is 1. The van der Waals surface area contributed by atoms with Crippen LogP contribution in [-0.4, -0.2) is 16.1 Å². The highest BCUT2D eigenvalue weighted by molar-refractivity contribution is 5.98. The van der Waals surface area contributed by atoms with Gasteiger partial charge in [0, 0.05) is 11.5 Å². The molecule has 1 fully saturated rings. The summed E-state index contributed by atoms with van der Waals surface area (Å²) in [4.78, 5) is 12.1. The molecule has 21 heavy (non-hydrogen) atoms. The zero-order valence-electron chi connectivity index (χ0n) is 12.1. The number of hydrogen-bond donors (Lipinski definition) is 2. The van der Waals surface area contributed by atoms with Gasteiger partial charge in [0.25, 0.3) is 0 Å². The fraction of sp³-hybridized carbons (Fsp3) is 0.375. The summed E-state index contributed by atoms with van der Waals surface area (Å²) in [5.41, 5.74) is 3.05. The first-order chi connectivity index (χ1) is 10.1. The van der Waals surface area contributed by atoms with Crippen molar-refractivity contribution in [3.8, 4) is 11.3 Å². The number of rotatable bonds is 4. The molecule has 0 aliphatic heterocycles. The van der Waals surface area contributed by atoms with E-state index in [1.165, 1.54) is 12.1 Å². The molecule has 4 nitrogen and oxygen atoms in total. The molecule has 5 heteroatoms. The lowest BCUT2D eigenvalue weighted by Gasteiger charge is -2.10. The van der Waals surface area contributed by atoms with Crippen molar-refractivity contribution in [2.24, 2.45) is 5.92 Å². The van der Waals surface area contributed by atoms with Crippen molar-refractivity contribution in [3.05, 3.63) is 35.8 Å². The second-order valence-corrected chi connectivity index (χ2v) is 5.79. The molecular weight excluding hydrogens is 269 g/mol. The summed E-state index contributed by atoms with van der Waals surface area (Å²) in [6.07, 6.45) is 1.90. The summed E-state index contributed by atoms with van der Waals surface area (Å²) in [6, 6.07) is 6.13. The van der Waals surface area contributed by atoms with E-state index < -0.39 is 0 Å².